The first-order valence-corrected chi connectivity index (χ1v) is 9.67. The average molecular weight is 426 g/mol. The summed E-state index contributed by atoms with van der Waals surface area (Å²) in [4.78, 5) is 12.3. The van der Waals surface area contributed by atoms with Crippen LogP contribution in [0.2, 0.25) is 0 Å². The van der Waals surface area contributed by atoms with E-state index in [1.165, 1.54) is 19.1 Å². The highest BCUT2D eigenvalue weighted by atomic mass is 19.4. The molecule has 1 fully saturated rings. The summed E-state index contributed by atoms with van der Waals surface area (Å²) in [7, 11) is 0. The molecule has 2 atom stereocenters. The first kappa shape index (κ1) is 22.1. The summed E-state index contributed by atoms with van der Waals surface area (Å²) < 4.78 is 69.6. The number of rotatable bonds is 5. The van der Waals surface area contributed by atoms with Crippen molar-refractivity contribution in [2.45, 2.75) is 44.9 Å². The van der Waals surface area contributed by atoms with E-state index in [4.69, 9.17) is 14.2 Å². The van der Waals surface area contributed by atoms with Gasteiger partial charge >= 0.3 is 12.1 Å². The lowest BCUT2D eigenvalue weighted by molar-refractivity contribution is -0.141. The van der Waals surface area contributed by atoms with Crippen molar-refractivity contribution in [2.75, 3.05) is 13.2 Å². The molecule has 162 valence electrons. The minimum Gasteiger partial charge on any atom is -0.493 e. The Morgan fingerprint density at radius 2 is 1.77 bits per heavy atom. The number of carbonyl (C=O) groups excluding carboxylic acids is 1. The molecular weight excluding hydrogens is 404 g/mol. The Balaban J connectivity index is 1.77. The van der Waals surface area contributed by atoms with Crippen LogP contribution in [0.5, 0.6) is 11.5 Å². The van der Waals surface area contributed by atoms with Gasteiger partial charge in [0.05, 0.1) is 24.9 Å². The van der Waals surface area contributed by atoms with Crippen LogP contribution in [0.25, 0.3) is 0 Å². The van der Waals surface area contributed by atoms with E-state index in [1.807, 2.05) is 6.92 Å². The molecule has 1 aliphatic heterocycles. The third-order valence-corrected chi connectivity index (χ3v) is 4.98. The monoisotopic (exact) mass is 426 g/mol. The van der Waals surface area contributed by atoms with Crippen LogP contribution in [-0.4, -0.2) is 25.3 Å². The highest BCUT2D eigenvalue weighted by Gasteiger charge is 2.40. The summed E-state index contributed by atoms with van der Waals surface area (Å²) in [5.74, 6) is -3.90. The lowest BCUT2D eigenvalue weighted by Crippen LogP contribution is -2.22. The minimum absolute atomic E-state index is 0.0705. The maximum atomic E-state index is 14.5. The molecule has 3 rings (SSSR count). The summed E-state index contributed by atoms with van der Waals surface area (Å²) in [6.07, 6.45) is -2.88. The molecule has 2 unspecified atom stereocenters. The van der Waals surface area contributed by atoms with Gasteiger partial charge in [0.25, 0.3) is 0 Å². The SMILES string of the molecule is CCOc1ccc(OC(=O)c2ccc(C3CCC(C)OC3)cc2)c(F)c1C(F)(F)F. The van der Waals surface area contributed by atoms with Crippen LogP contribution in [0.4, 0.5) is 17.6 Å². The van der Waals surface area contributed by atoms with Gasteiger partial charge in [0.2, 0.25) is 0 Å². The Hall–Kier alpha value is -2.61. The number of carbonyl (C=O) groups is 1. The predicted molar refractivity (Wildman–Crippen MR) is 101 cm³/mol. The van der Waals surface area contributed by atoms with Gasteiger partial charge in [0.15, 0.2) is 11.6 Å². The Labute approximate surface area is 171 Å². The van der Waals surface area contributed by atoms with Crippen LogP contribution in [-0.2, 0) is 10.9 Å². The van der Waals surface area contributed by atoms with Crippen molar-refractivity contribution in [1.29, 1.82) is 0 Å². The van der Waals surface area contributed by atoms with Crippen LogP contribution in [0, 0.1) is 5.82 Å². The van der Waals surface area contributed by atoms with E-state index in [-0.39, 0.29) is 24.2 Å². The second-order valence-electron chi connectivity index (χ2n) is 7.11. The number of ether oxygens (including phenoxy) is 3. The van der Waals surface area contributed by atoms with E-state index >= 15 is 0 Å². The molecule has 0 bridgehead atoms. The smallest absolute Gasteiger partial charge is 0.422 e. The zero-order chi connectivity index (χ0) is 21.9. The quantitative estimate of drug-likeness (QED) is 0.347. The summed E-state index contributed by atoms with van der Waals surface area (Å²) in [6.45, 7) is 4.01. The molecule has 2 aromatic rings. The molecule has 0 aliphatic carbocycles. The first-order chi connectivity index (χ1) is 14.2. The molecule has 30 heavy (non-hydrogen) atoms. The lowest BCUT2D eigenvalue weighted by Gasteiger charge is -2.27. The van der Waals surface area contributed by atoms with Gasteiger partial charge in [-0.1, -0.05) is 12.1 Å². The highest BCUT2D eigenvalue weighted by Crippen LogP contribution is 2.41. The highest BCUT2D eigenvalue weighted by molar-refractivity contribution is 5.91. The molecule has 0 spiro atoms. The van der Waals surface area contributed by atoms with Crippen LogP contribution in [0.15, 0.2) is 36.4 Å². The summed E-state index contributed by atoms with van der Waals surface area (Å²) in [5, 5.41) is 0. The van der Waals surface area contributed by atoms with Gasteiger partial charge in [-0.2, -0.15) is 13.2 Å². The van der Waals surface area contributed by atoms with Gasteiger partial charge < -0.3 is 14.2 Å². The number of alkyl halides is 3. The number of hydrogen-bond donors (Lipinski definition) is 0. The first-order valence-electron chi connectivity index (χ1n) is 9.67. The summed E-state index contributed by atoms with van der Waals surface area (Å²) >= 11 is 0. The molecule has 1 aliphatic rings. The fourth-order valence-electron chi connectivity index (χ4n) is 3.35. The Morgan fingerprint density at radius 1 is 1.10 bits per heavy atom. The molecular formula is C22H22F4O4. The topological polar surface area (TPSA) is 44.8 Å². The Kier molecular flexibility index (Phi) is 6.65. The van der Waals surface area contributed by atoms with Gasteiger partial charge in [-0.25, -0.2) is 9.18 Å². The van der Waals surface area contributed by atoms with Gasteiger partial charge in [0.1, 0.15) is 11.3 Å². The molecule has 0 amide bonds. The van der Waals surface area contributed by atoms with Crippen molar-refractivity contribution >= 4 is 5.97 Å². The van der Waals surface area contributed by atoms with E-state index < -0.39 is 35.0 Å². The van der Waals surface area contributed by atoms with Crippen molar-refractivity contribution in [3.8, 4) is 11.5 Å². The second-order valence-corrected chi connectivity index (χ2v) is 7.11. The molecule has 4 nitrogen and oxygen atoms in total. The average Bonchev–Trinajstić information content (AvgIpc) is 2.70. The number of halogens is 4. The normalized spacial score (nSPS) is 19.4. The predicted octanol–water partition coefficient (Wildman–Crippen LogP) is 5.74. The van der Waals surface area contributed by atoms with E-state index in [0.717, 1.165) is 30.5 Å². The van der Waals surface area contributed by atoms with Crippen molar-refractivity contribution in [1.82, 2.24) is 0 Å². The van der Waals surface area contributed by atoms with Crippen molar-refractivity contribution in [3.05, 3.63) is 58.9 Å². The van der Waals surface area contributed by atoms with Gasteiger partial charge in [-0.15, -0.1) is 0 Å². The molecule has 0 aromatic heterocycles. The molecule has 8 heteroatoms. The molecule has 0 radical (unpaired) electrons. The van der Waals surface area contributed by atoms with Crippen LogP contribution < -0.4 is 9.47 Å². The Bertz CT molecular complexity index is 885. The number of benzene rings is 2. The maximum absolute atomic E-state index is 14.5. The number of esters is 1. The molecule has 2 aromatic carbocycles. The molecule has 1 heterocycles. The lowest BCUT2D eigenvalue weighted by atomic mass is 9.91. The maximum Gasteiger partial charge on any atom is 0.422 e. The second kappa shape index (κ2) is 9.04. The van der Waals surface area contributed by atoms with E-state index in [2.05, 4.69) is 0 Å². The summed E-state index contributed by atoms with van der Waals surface area (Å²) in [5.41, 5.74) is -0.507. The van der Waals surface area contributed by atoms with Crippen molar-refractivity contribution < 1.29 is 36.6 Å². The third kappa shape index (κ3) is 4.92. The molecule has 0 saturated carbocycles. The fraction of sp³-hybridized carbons (Fsp3) is 0.409. The van der Waals surface area contributed by atoms with E-state index in [0.29, 0.717) is 6.61 Å². The van der Waals surface area contributed by atoms with Crippen LogP contribution in [0.3, 0.4) is 0 Å². The van der Waals surface area contributed by atoms with Gasteiger partial charge in [0, 0.05) is 5.92 Å². The Morgan fingerprint density at radius 3 is 2.33 bits per heavy atom. The fourth-order valence-corrected chi connectivity index (χ4v) is 3.35. The number of hydrogen-bond acceptors (Lipinski definition) is 4. The zero-order valence-corrected chi connectivity index (χ0v) is 16.6. The van der Waals surface area contributed by atoms with E-state index in [9.17, 15) is 22.4 Å². The standard InChI is InChI=1S/C22H22F4O4/c1-3-28-17-10-11-18(20(23)19(17)22(24,25)26)30-21(27)15-8-6-14(7-9-15)16-5-4-13(2)29-12-16/h6-11,13,16H,3-5,12H2,1-2H3. The minimum atomic E-state index is -5.00. The van der Waals surface area contributed by atoms with Gasteiger partial charge in [-0.05, 0) is 56.5 Å². The van der Waals surface area contributed by atoms with Crippen molar-refractivity contribution in [2.24, 2.45) is 0 Å². The van der Waals surface area contributed by atoms with E-state index in [1.54, 1.807) is 12.1 Å². The van der Waals surface area contributed by atoms with Crippen LogP contribution in [0.1, 0.15) is 54.1 Å². The van der Waals surface area contributed by atoms with Gasteiger partial charge in [-0.3, -0.25) is 0 Å². The molecule has 1 saturated heterocycles. The summed E-state index contributed by atoms with van der Waals surface area (Å²) in [6, 6.07) is 8.39. The molecule has 0 N–H and O–H groups in total. The van der Waals surface area contributed by atoms with Crippen molar-refractivity contribution in [3.63, 3.8) is 0 Å². The van der Waals surface area contributed by atoms with Crippen LogP contribution >= 0.6 is 0 Å². The largest absolute Gasteiger partial charge is 0.493 e. The third-order valence-electron chi connectivity index (χ3n) is 4.98. The zero-order valence-electron chi connectivity index (χ0n) is 16.6.